The molecule has 28 atom stereocenters. The van der Waals surface area contributed by atoms with E-state index in [1.54, 1.807) is 0 Å². The fourth-order valence-electron chi connectivity index (χ4n) is 8.05. The van der Waals surface area contributed by atoms with Crippen molar-refractivity contribution in [2.24, 2.45) is 0 Å². The summed E-state index contributed by atoms with van der Waals surface area (Å²) in [5.41, 5.74) is 0. The van der Waals surface area contributed by atoms with E-state index >= 15 is 0 Å². The lowest BCUT2D eigenvalue weighted by atomic mass is 10.0. The van der Waals surface area contributed by atoms with Crippen LogP contribution in [0.4, 0.5) is 0 Å². The van der Waals surface area contributed by atoms with Gasteiger partial charge in [-0.25, -0.2) is 0 Å². The summed E-state index contributed by atoms with van der Waals surface area (Å²) in [6, 6.07) is 0. The molecule has 372 valence electrons. The lowest BCUT2D eigenvalue weighted by Gasteiger charge is -2.47. The molecule has 7 fully saturated rings. The fourth-order valence-corrected chi connectivity index (χ4v) is 8.05. The molecule has 0 bridgehead atoms. The van der Waals surface area contributed by atoms with E-state index in [1.807, 2.05) is 0 Å². The summed E-state index contributed by atoms with van der Waals surface area (Å²) in [5, 5.41) is 167. The Balaban J connectivity index is 1.11. The average molecular weight is 943 g/mol. The van der Waals surface area contributed by atoms with Gasteiger partial charge in [0, 0.05) is 0 Å². The highest BCUT2D eigenvalue weighted by atomic mass is 16.8. The summed E-state index contributed by atoms with van der Waals surface area (Å²) < 4.78 is 73.8. The van der Waals surface area contributed by atoms with Gasteiger partial charge >= 0.3 is 0 Å². The van der Waals surface area contributed by atoms with Crippen molar-refractivity contribution in [2.45, 2.75) is 172 Å². The van der Waals surface area contributed by atoms with Gasteiger partial charge in [0.25, 0.3) is 0 Å². The van der Waals surface area contributed by atoms with E-state index in [0.29, 0.717) is 0 Å². The molecule has 0 radical (unpaired) electrons. The Bertz CT molecular complexity index is 1350. The zero-order valence-electron chi connectivity index (χ0n) is 33.6. The molecule has 29 nitrogen and oxygen atoms in total. The largest absolute Gasteiger partial charge is 0.394 e. The molecule has 0 aromatic rings. The van der Waals surface area contributed by atoms with Crippen molar-refractivity contribution in [3.63, 3.8) is 0 Å². The van der Waals surface area contributed by atoms with Crippen LogP contribution >= 0.6 is 0 Å². The molecule has 64 heavy (non-hydrogen) atoms. The summed E-state index contributed by atoms with van der Waals surface area (Å²) in [6.07, 6.45) is -47.3. The average Bonchev–Trinajstić information content (AvgIpc) is 3.71. The first-order chi connectivity index (χ1) is 30.4. The lowest BCUT2D eigenvalue weighted by molar-refractivity contribution is -0.385. The van der Waals surface area contributed by atoms with Crippen LogP contribution in [0.25, 0.3) is 0 Å². The highest BCUT2D eigenvalue weighted by Crippen LogP contribution is 2.36. The molecular weight excluding hydrogens is 884 g/mol. The minimum Gasteiger partial charge on any atom is -0.394 e. The van der Waals surface area contributed by atoms with Crippen LogP contribution in [-0.2, 0) is 61.6 Å². The quantitative estimate of drug-likeness (QED) is 0.0769. The zero-order valence-corrected chi connectivity index (χ0v) is 33.6. The van der Waals surface area contributed by atoms with Crippen molar-refractivity contribution < 1.29 is 143 Å². The Kier molecular flexibility index (Phi) is 17.1. The van der Waals surface area contributed by atoms with Crippen molar-refractivity contribution in [1.82, 2.24) is 0 Å². The van der Waals surface area contributed by atoms with Gasteiger partial charge in [0.1, 0.15) is 128 Å². The van der Waals surface area contributed by atoms with Crippen molar-refractivity contribution in [1.29, 1.82) is 0 Å². The van der Waals surface area contributed by atoms with E-state index in [4.69, 9.17) is 61.6 Å². The molecule has 7 aliphatic rings. The van der Waals surface area contributed by atoms with E-state index in [9.17, 15) is 81.7 Å². The van der Waals surface area contributed by atoms with Crippen molar-refractivity contribution in [3.05, 3.63) is 0 Å². The highest BCUT2D eigenvalue weighted by molar-refractivity contribution is 4.97. The topological polar surface area (TPSA) is 444 Å². The zero-order chi connectivity index (χ0) is 46.3. The van der Waals surface area contributed by atoms with Gasteiger partial charge in [-0.2, -0.15) is 0 Å². The Morgan fingerprint density at radius 1 is 0.312 bits per heavy atom. The second-order valence-corrected chi connectivity index (χ2v) is 16.3. The first kappa shape index (κ1) is 50.7. The maximum absolute atomic E-state index is 11.2. The molecule has 7 rings (SSSR count). The van der Waals surface area contributed by atoms with E-state index in [0.717, 1.165) is 0 Å². The van der Waals surface area contributed by atoms with Crippen LogP contribution < -0.4 is 0 Å². The SMILES string of the molecule is OCC1OC(OC2C(OC3OCC(OC4OCC(O)C(O)C4O)C(O)C3O)COC(OC3COC(OC4COC(O)C(O)C4O)C(O)C3O)C2OC2OC(CO)C(O)C2O)C(O)C1O. The molecule has 7 aliphatic heterocycles. The molecule has 7 heterocycles. The Morgan fingerprint density at radius 3 is 1.16 bits per heavy atom. The molecule has 0 saturated carbocycles. The number of aliphatic hydroxyl groups is 16. The smallest absolute Gasteiger partial charge is 0.187 e. The predicted molar refractivity (Wildman–Crippen MR) is 190 cm³/mol. The third kappa shape index (κ3) is 10.5. The summed E-state index contributed by atoms with van der Waals surface area (Å²) in [7, 11) is 0. The van der Waals surface area contributed by atoms with Crippen molar-refractivity contribution >= 4 is 0 Å². The van der Waals surface area contributed by atoms with Gasteiger partial charge in [-0.1, -0.05) is 0 Å². The van der Waals surface area contributed by atoms with Gasteiger partial charge in [-0.15, -0.1) is 0 Å². The molecular formula is C35H58O29. The van der Waals surface area contributed by atoms with Crippen LogP contribution in [0.5, 0.6) is 0 Å². The normalized spacial score (nSPS) is 54.0. The Morgan fingerprint density at radius 2 is 0.672 bits per heavy atom. The van der Waals surface area contributed by atoms with Crippen LogP contribution in [-0.4, -0.2) is 300 Å². The van der Waals surface area contributed by atoms with Crippen LogP contribution in [0.1, 0.15) is 0 Å². The molecule has 0 aromatic heterocycles. The van der Waals surface area contributed by atoms with Crippen LogP contribution in [0.3, 0.4) is 0 Å². The molecule has 28 unspecified atom stereocenters. The van der Waals surface area contributed by atoms with E-state index in [-0.39, 0.29) is 0 Å². The maximum Gasteiger partial charge on any atom is 0.187 e. The number of rotatable bonds is 14. The molecule has 29 heteroatoms. The second kappa shape index (κ2) is 21.6. The molecule has 0 aliphatic carbocycles. The summed E-state index contributed by atoms with van der Waals surface area (Å²) in [6.45, 7) is -4.20. The minimum atomic E-state index is -1.96. The highest BCUT2D eigenvalue weighted by Gasteiger charge is 2.56. The first-order valence-electron chi connectivity index (χ1n) is 20.5. The Hall–Kier alpha value is -1.16. The van der Waals surface area contributed by atoms with Gasteiger partial charge in [-0.05, 0) is 0 Å². The number of hydrogen-bond donors (Lipinski definition) is 16. The van der Waals surface area contributed by atoms with Crippen LogP contribution in [0.15, 0.2) is 0 Å². The van der Waals surface area contributed by atoms with Crippen molar-refractivity contribution in [3.8, 4) is 0 Å². The molecule has 0 spiro atoms. The van der Waals surface area contributed by atoms with E-state index < -0.39 is 218 Å². The maximum atomic E-state index is 11.2. The lowest BCUT2D eigenvalue weighted by Crippen LogP contribution is -2.64. The van der Waals surface area contributed by atoms with Crippen LogP contribution in [0.2, 0.25) is 0 Å². The van der Waals surface area contributed by atoms with Gasteiger partial charge < -0.3 is 143 Å². The van der Waals surface area contributed by atoms with Gasteiger partial charge in [0.2, 0.25) is 0 Å². The van der Waals surface area contributed by atoms with E-state index in [2.05, 4.69) is 0 Å². The number of hydrogen-bond acceptors (Lipinski definition) is 29. The van der Waals surface area contributed by atoms with Gasteiger partial charge in [0.15, 0.2) is 44.0 Å². The molecule has 0 amide bonds. The monoisotopic (exact) mass is 942 g/mol. The van der Waals surface area contributed by atoms with Crippen LogP contribution in [0, 0.1) is 0 Å². The minimum absolute atomic E-state index is 0.433. The summed E-state index contributed by atoms with van der Waals surface area (Å²) in [5.74, 6) is 0. The number of ether oxygens (including phenoxy) is 13. The number of aliphatic hydroxyl groups excluding tert-OH is 16. The molecule has 7 saturated heterocycles. The van der Waals surface area contributed by atoms with Crippen molar-refractivity contribution in [2.75, 3.05) is 46.2 Å². The molecule has 0 aromatic carbocycles. The summed E-state index contributed by atoms with van der Waals surface area (Å²) >= 11 is 0. The molecule has 16 N–H and O–H groups in total. The summed E-state index contributed by atoms with van der Waals surface area (Å²) in [4.78, 5) is 0. The third-order valence-electron chi connectivity index (χ3n) is 12.0. The fraction of sp³-hybridized carbons (Fsp3) is 1.00. The van der Waals surface area contributed by atoms with Gasteiger partial charge in [0.05, 0.1) is 46.2 Å². The third-order valence-corrected chi connectivity index (χ3v) is 12.0. The predicted octanol–water partition coefficient (Wildman–Crippen LogP) is -11.8. The van der Waals surface area contributed by atoms with E-state index in [1.165, 1.54) is 0 Å². The first-order valence-corrected chi connectivity index (χ1v) is 20.5. The van der Waals surface area contributed by atoms with Gasteiger partial charge in [-0.3, -0.25) is 0 Å². The standard InChI is InChI=1S/C35H58O29/c36-1-9-16(40)25(49)33(57-9)63-27-14(62-32-24(48)19(43)12(5-55-32)60-30-22(46)15(39)8(38)3-53-30)7-56-35(28(27)64-34-26(50)17(41)10(2-37)58-34)61-13-6-54-31(23(47)20(13)44)59-11-4-52-29(51)21(45)18(11)42/h8-51H,1-7H2. The second-order valence-electron chi connectivity index (χ2n) is 16.3. The Labute approximate surface area is 361 Å².